The van der Waals surface area contributed by atoms with Crippen LogP contribution in [0.4, 0.5) is 0 Å². The molecule has 1 radical (unpaired) electrons. The molecule has 1 fully saturated rings. The fraction of sp³-hybridized carbons (Fsp3) is 0.462. The van der Waals surface area contributed by atoms with Gasteiger partial charge in [0.1, 0.15) is 0 Å². The molecule has 0 N–H and O–H groups in total. The van der Waals surface area contributed by atoms with E-state index >= 15 is 0 Å². The zero-order valence-electron chi connectivity index (χ0n) is 8.65. The first-order valence-electron chi connectivity index (χ1n) is 5.46. The van der Waals surface area contributed by atoms with Crippen molar-refractivity contribution in [3.05, 3.63) is 42.8 Å². The number of hydrogen-bond acceptors (Lipinski definition) is 1. The average Bonchev–Trinajstić information content (AvgIpc) is 2.30. The van der Waals surface area contributed by atoms with Crippen molar-refractivity contribution in [1.29, 1.82) is 0 Å². The molecule has 0 saturated carbocycles. The van der Waals surface area contributed by atoms with Gasteiger partial charge in [-0.25, -0.2) is 0 Å². The Morgan fingerprint density at radius 3 is 2.36 bits per heavy atom. The molecule has 75 valence electrons. The molecular weight excluding hydrogens is 170 g/mol. The average molecular weight is 188 g/mol. The van der Waals surface area contributed by atoms with Gasteiger partial charge in [-0.3, -0.25) is 0 Å². The molecular formula is C13H18N. The Morgan fingerprint density at radius 2 is 1.79 bits per heavy atom. The lowest BCUT2D eigenvalue weighted by atomic mass is 9.89. The SMILES string of the molecule is [CH2]CN1CCC(c2ccccc2)CC1. The van der Waals surface area contributed by atoms with Gasteiger partial charge in [-0.05, 0) is 50.9 Å². The monoisotopic (exact) mass is 188 g/mol. The van der Waals surface area contributed by atoms with Gasteiger partial charge in [0.15, 0.2) is 0 Å². The smallest absolute Gasteiger partial charge is 0.00129 e. The fourth-order valence-corrected chi connectivity index (χ4v) is 2.22. The van der Waals surface area contributed by atoms with Crippen molar-refractivity contribution in [2.45, 2.75) is 18.8 Å². The number of nitrogens with zero attached hydrogens (tertiary/aromatic N) is 1. The lowest BCUT2D eigenvalue weighted by molar-refractivity contribution is 0.231. The maximum atomic E-state index is 3.93. The van der Waals surface area contributed by atoms with Gasteiger partial charge in [0.2, 0.25) is 0 Å². The third kappa shape index (κ3) is 2.16. The van der Waals surface area contributed by atoms with Crippen LogP contribution in [0.1, 0.15) is 24.3 Å². The van der Waals surface area contributed by atoms with Crippen molar-refractivity contribution >= 4 is 0 Å². The largest absolute Gasteiger partial charge is 0.303 e. The molecule has 0 unspecified atom stereocenters. The van der Waals surface area contributed by atoms with Gasteiger partial charge >= 0.3 is 0 Å². The Morgan fingerprint density at radius 1 is 1.14 bits per heavy atom. The van der Waals surface area contributed by atoms with Crippen LogP contribution in [-0.2, 0) is 0 Å². The topological polar surface area (TPSA) is 3.24 Å². The van der Waals surface area contributed by atoms with Gasteiger partial charge in [-0.15, -0.1) is 0 Å². The van der Waals surface area contributed by atoms with Crippen LogP contribution in [0.15, 0.2) is 30.3 Å². The highest BCUT2D eigenvalue weighted by molar-refractivity contribution is 5.19. The summed E-state index contributed by atoms with van der Waals surface area (Å²) < 4.78 is 0. The lowest BCUT2D eigenvalue weighted by Crippen LogP contribution is -2.32. The molecule has 1 saturated heterocycles. The van der Waals surface area contributed by atoms with Crippen molar-refractivity contribution in [1.82, 2.24) is 4.90 Å². The molecule has 1 heteroatoms. The molecule has 0 amide bonds. The molecule has 0 aliphatic carbocycles. The second kappa shape index (κ2) is 4.61. The third-order valence-corrected chi connectivity index (χ3v) is 3.17. The maximum Gasteiger partial charge on any atom is -0.00129 e. The van der Waals surface area contributed by atoms with E-state index in [-0.39, 0.29) is 0 Å². The molecule has 1 heterocycles. The minimum absolute atomic E-state index is 0.777. The number of piperidine rings is 1. The van der Waals surface area contributed by atoms with Crippen LogP contribution in [0.5, 0.6) is 0 Å². The predicted molar refractivity (Wildman–Crippen MR) is 60.2 cm³/mol. The zero-order valence-corrected chi connectivity index (χ0v) is 8.65. The summed E-state index contributed by atoms with van der Waals surface area (Å²) in [4.78, 5) is 2.43. The fourth-order valence-electron chi connectivity index (χ4n) is 2.22. The highest BCUT2D eigenvalue weighted by Crippen LogP contribution is 2.27. The van der Waals surface area contributed by atoms with Crippen LogP contribution >= 0.6 is 0 Å². The Hall–Kier alpha value is -0.820. The first kappa shape index (κ1) is 9.72. The molecule has 0 spiro atoms. The quantitative estimate of drug-likeness (QED) is 0.689. The van der Waals surface area contributed by atoms with Gasteiger partial charge in [0.25, 0.3) is 0 Å². The van der Waals surface area contributed by atoms with Gasteiger partial charge in [0, 0.05) is 0 Å². The molecule has 1 aromatic carbocycles. The van der Waals surface area contributed by atoms with Crippen LogP contribution < -0.4 is 0 Å². The summed E-state index contributed by atoms with van der Waals surface area (Å²) in [5.41, 5.74) is 1.51. The molecule has 1 nitrogen and oxygen atoms in total. The summed E-state index contributed by atoms with van der Waals surface area (Å²) in [5.74, 6) is 0.777. The molecule has 1 aromatic rings. The van der Waals surface area contributed by atoms with Crippen molar-refractivity contribution < 1.29 is 0 Å². The van der Waals surface area contributed by atoms with E-state index in [1.807, 2.05) is 0 Å². The summed E-state index contributed by atoms with van der Waals surface area (Å²) in [6.07, 6.45) is 2.58. The second-order valence-corrected chi connectivity index (χ2v) is 4.03. The van der Waals surface area contributed by atoms with E-state index in [0.29, 0.717) is 0 Å². The predicted octanol–water partition coefficient (Wildman–Crippen LogP) is 2.70. The minimum atomic E-state index is 0.777. The Bertz CT molecular complexity index is 260. The lowest BCUT2D eigenvalue weighted by Gasteiger charge is -2.31. The Balaban J connectivity index is 1.96. The van der Waals surface area contributed by atoms with E-state index in [2.05, 4.69) is 42.2 Å². The van der Waals surface area contributed by atoms with Gasteiger partial charge in [0.05, 0.1) is 0 Å². The van der Waals surface area contributed by atoms with Gasteiger partial charge in [-0.2, -0.15) is 0 Å². The summed E-state index contributed by atoms with van der Waals surface area (Å²) in [6, 6.07) is 10.9. The maximum absolute atomic E-state index is 3.93. The number of rotatable bonds is 2. The first-order chi connectivity index (χ1) is 6.90. The Labute approximate surface area is 86.7 Å². The van der Waals surface area contributed by atoms with Crippen LogP contribution in [0, 0.1) is 6.92 Å². The summed E-state index contributed by atoms with van der Waals surface area (Å²) >= 11 is 0. The molecule has 1 aliphatic rings. The second-order valence-electron chi connectivity index (χ2n) is 4.03. The van der Waals surface area contributed by atoms with Gasteiger partial charge < -0.3 is 4.90 Å². The molecule has 0 bridgehead atoms. The normalized spacial score (nSPS) is 19.8. The number of benzene rings is 1. The van der Waals surface area contributed by atoms with E-state index in [0.717, 1.165) is 12.5 Å². The third-order valence-electron chi connectivity index (χ3n) is 3.17. The first-order valence-corrected chi connectivity index (χ1v) is 5.46. The van der Waals surface area contributed by atoms with E-state index in [1.165, 1.54) is 31.5 Å². The number of likely N-dealkylation sites (tertiary alicyclic amines) is 1. The molecule has 2 rings (SSSR count). The highest BCUT2D eigenvalue weighted by Gasteiger charge is 2.18. The Kier molecular flexibility index (Phi) is 3.20. The summed E-state index contributed by atoms with van der Waals surface area (Å²) in [5, 5.41) is 0. The van der Waals surface area contributed by atoms with Gasteiger partial charge in [-0.1, -0.05) is 30.3 Å². The molecule has 1 aliphatic heterocycles. The van der Waals surface area contributed by atoms with E-state index in [9.17, 15) is 0 Å². The minimum Gasteiger partial charge on any atom is -0.303 e. The number of hydrogen-bond donors (Lipinski definition) is 0. The van der Waals surface area contributed by atoms with Crippen molar-refractivity contribution in [3.8, 4) is 0 Å². The summed E-state index contributed by atoms with van der Waals surface area (Å²) in [6.45, 7) is 7.32. The van der Waals surface area contributed by atoms with E-state index in [1.54, 1.807) is 0 Å². The van der Waals surface area contributed by atoms with Crippen LogP contribution in [-0.4, -0.2) is 24.5 Å². The van der Waals surface area contributed by atoms with Crippen LogP contribution in [0.3, 0.4) is 0 Å². The van der Waals surface area contributed by atoms with Crippen molar-refractivity contribution in [2.75, 3.05) is 19.6 Å². The zero-order chi connectivity index (χ0) is 9.80. The van der Waals surface area contributed by atoms with E-state index < -0.39 is 0 Å². The molecule has 0 atom stereocenters. The standard InChI is InChI=1S/C13H18N/c1-2-14-10-8-13(9-11-14)12-6-4-3-5-7-12/h3-7,13H,1-2,8-11H2. The van der Waals surface area contributed by atoms with Crippen LogP contribution in [0.2, 0.25) is 0 Å². The van der Waals surface area contributed by atoms with E-state index in [4.69, 9.17) is 0 Å². The molecule has 0 aromatic heterocycles. The molecule has 14 heavy (non-hydrogen) atoms. The van der Waals surface area contributed by atoms with Crippen molar-refractivity contribution in [3.63, 3.8) is 0 Å². The van der Waals surface area contributed by atoms with Crippen molar-refractivity contribution in [2.24, 2.45) is 0 Å². The summed E-state index contributed by atoms with van der Waals surface area (Å²) in [7, 11) is 0. The highest BCUT2D eigenvalue weighted by atomic mass is 15.1. The van der Waals surface area contributed by atoms with Crippen LogP contribution in [0.25, 0.3) is 0 Å².